The van der Waals surface area contributed by atoms with Crippen molar-refractivity contribution in [2.24, 2.45) is 5.92 Å². The second kappa shape index (κ2) is 11.9. The number of halogens is 1. The molecule has 0 bridgehead atoms. The summed E-state index contributed by atoms with van der Waals surface area (Å²) in [6.45, 7) is 2.60. The number of methoxy groups -OCH3 is 1. The zero-order valence-corrected chi connectivity index (χ0v) is 19.7. The molecule has 1 saturated carbocycles. The summed E-state index contributed by atoms with van der Waals surface area (Å²) in [5.41, 5.74) is 0. The predicted octanol–water partition coefficient (Wildman–Crippen LogP) is 5.24. The topological polar surface area (TPSA) is 86.8 Å². The van der Waals surface area contributed by atoms with Crippen molar-refractivity contribution in [1.29, 1.82) is 0 Å². The van der Waals surface area contributed by atoms with E-state index in [-0.39, 0.29) is 30.8 Å². The Morgan fingerprint density at radius 2 is 2.16 bits per heavy atom. The smallest absolute Gasteiger partial charge is 0.305 e. The summed E-state index contributed by atoms with van der Waals surface area (Å²) in [5.74, 6) is 1.50. The largest absolute Gasteiger partial charge is 0.493 e. The van der Waals surface area contributed by atoms with E-state index in [4.69, 9.17) is 21.1 Å². The number of amides is 1. The zero-order chi connectivity index (χ0) is 22.9. The van der Waals surface area contributed by atoms with Gasteiger partial charge in [0.05, 0.1) is 23.6 Å². The Morgan fingerprint density at radius 3 is 2.88 bits per heavy atom. The lowest BCUT2D eigenvalue weighted by molar-refractivity contribution is -0.140. The van der Waals surface area contributed by atoms with Crippen molar-refractivity contribution in [3.63, 3.8) is 0 Å². The first-order chi connectivity index (χ1) is 15.4. The Kier molecular flexibility index (Phi) is 8.93. The van der Waals surface area contributed by atoms with E-state index >= 15 is 0 Å². The van der Waals surface area contributed by atoms with Gasteiger partial charge in [-0.3, -0.25) is 9.59 Å². The first kappa shape index (κ1) is 24.1. The van der Waals surface area contributed by atoms with Gasteiger partial charge < -0.3 is 19.5 Å². The van der Waals surface area contributed by atoms with Gasteiger partial charge in [0, 0.05) is 31.1 Å². The number of nitrogens with one attached hydrogen (secondary N) is 1. The van der Waals surface area contributed by atoms with Crippen molar-refractivity contribution in [1.82, 2.24) is 10.3 Å². The Labute approximate surface area is 196 Å². The number of nitrogens with zero attached hydrogens (tertiary/aromatic N) is 1. The lowest BCUT2D eigenvalue weighted by Crippen LogP contribution is -2.30. The van der Waals surface area contributed by atoms with E-state index < -0.39 is 0 Å². The van der Waals surface area contributed by atoms with Gasteiger partial charge in [0.15, 0.2) is 0 Å². The van der Waals surface area contributed by atoms with Crippen LogP contribution in [0.5, 0.6) is 16.7 Å². The Hall–Kier alpha value is -2.58. The van der Waals surface area contributed by atoms with Crippen LogP contribution in [0.25, 0.3) is 6.08 Å². The van der Waals surface area contributed by atoms with Crippen molar-refractivity contribution in [3.8, 4) is 16.7 Å². The highest BCUT2D eigenvalue weighted by Gasteiger charge is 2.22. The summed E-state index contributed by atoms with van der Waals surface area (Å²) in [6, 6.07) is 5.21. The highest BCUT2D eigenvalue weighted by molar-refractivity contribution is 7.14. The molecule has 1 aliphatic rings. The van der Waals surface area contributed by atoms with Crippen LogP contribution in [0.1, 0.15) is 43.9 Å². The second-order valence-electron chi connectivity index (χ2n) is 7.62. The van der Waals surface area contributed by atoms with Crippen LogP contribution >= 0.6 is 22.9 Å². The standard InChI is InChI=1S/C23H27ClN2O5S/c1-15(26-21(27)4-3-5-22(28)29-2)6-10-18-13-25-23(32-18)31-20-11-9-17(12-19(20)24)30-14-16-7-8-16/h6,9-13,15-16H,3-5,7-8,14H2,1-2H3,(H,26,27)/t15-/m0/s1. The third-order valence-electron chi connectivity index (χ3n) is 4.74. The molecule has 3 rings (SSSR count). The number of ether oxygens (including phenoxy) is 3. The highest BCUT2D eigenvalue weighted by Crippen LogP contribution is 2.35. The molecule has 9 heteroatoms. The molecular formula is C23H27ClN2O5S. The zero-order valence-electron chi connectivity index (χ0n) is 18.1. The molecule has 1 heterocycles. The highest BCUT2D eigenvalue weighted by atomic mass is 35.5. The van der Waals surface area contributed by atoms with Crippen LogP contribution in [0.2, 0.25) is 5.02 Å². The predicted molar refractivity (Wildman–Crippen MR) is 124 cm³/mol. The van der Waals surface area contributed by atoms with Crippen molar-refractivity contribution < 1.29 is 23.8 Å². The maximum absolute atomic E-state index is 11.9. The minimum Gasteiger partial charge on any atom is -0.493 e. The molecule has 0 saturated heterocycles. The summed E-state index contributed by atoms with van der Waals surface area (Å²) in [4.78, 5) is 28.2. The normalized spacial score (nSPS) is 14.2. The first-order valence-corrected chi connectivity index (χ1v) is 11.7. The van der Waals surface area contributed by atoms with Crippen LogP contribution in [-0.4, -0.2) is 36.6 Å². The van der Waals surface area contributed by atoms with Gasteiger partial charge in [-0.2, -0.15) is 0 Å². The van der Waals surface area contributed by atoms with Crippen LogP contribution < -0.4 is 14.8 Å². The summed E-state index contributed by atoms with van der Waals surface area (Å²) < 4.78 is 16.1. The van der Waals surface area contributed by atoms with Gasteiger partial charge in [0.1, 0.15) is 11.5 Å². The van der Waals surface area contributed by atoms with Gasteiger partial charge in [-0.05, 0) is 50.3 Å². The van der Waals surface area contributed by atoms with Crippen LogP contribution in [0.3, 0.4) is 0 Å². The molecule has 0 aliphatic heterocycles. The maximum Gasteiger partial charge on any atom is 0.305 e. The second-order valence-corrected chi connectivity index (χ2v) is 9.05. The fourth-order valence-electron chi connectivity index (χ4n) is 2.75. The Bertz CT molecular complexity index is 958. The molecule has 1 aromatic carbocycles. The van der Waals surface area contributed by atoms with Gasteiger partial charge in [-0.25, -0.2) is 4.98 Å². The molecule has 1 amide bonds. The number of thiazole rings is 1. The number of esters is 1. The molecule has 32 heavy (non-hydrogen) atoms. The summed E-state index contributed by atoms with van der Waals surface area (Å²) >= 11 is 7.69. The van der Waals surface area contributed by atoms with Crippen LogP contribution in [0, 0.1) is 5.92 Å². The lowest BCUT2D eigenvalue weighted by atomic mass is 10.2. The molecule has 172 valence electrons. The van der Waals surface area contributed by atoms with E-state index in [2.05, 4.69) is 15.0 Å². The van der Waals surface area contributed by atoms with Gasteiger partial charge in [-0.1, -0.05) is 29.0 Å². The van der Waals surface area contributed by atoms with Crippen molar-refractivity contribution in [2.75, 3.05) is 13.7 Å². The number of benzene rings is 1. The molecule has 1 fully saturated rings. The molecule has 1 aliphatic carbocycles. The van der Waals surface area contributed by atoms with E-state index in [0.29, 0.717) is 28.3 Å². The monoisotopic (exact) mass is 478 g/mol. The number of rotatable bonds is 12. The van der Waals surface area contributed by atoms with Gasteiger partial charge >= 0.3 is 5.97 Å². The van der Waals surface area contributed by atoms with E-state index in [9.17, 15) is 9.59 Å². The molecule has 1 atom stereocenters. The number of hydrogen-bond donors (Lipinski definition) is 1. The summed E-state index contributed by atoms with van der Waals surface area (Å²) in [5, 5.41) is 3.81. The molecule has 0 spiro atoms. The van der Waals surface area contributed by atoms with Crippen molar-refractivity contribution in [3.05, 3.63) is 40.4 Å². The third-order valence-corrected chi connectivity index (χ3v) is 5.87. The molecule has 0 radical (unpaired) electrons. The number of hydrogen-bond acceptors (Lipinski definition) is 7. The van der Waals surface area contributed by atoms with Gasteiger partial charge in [-0.15, -0.1) is 0 Å². The van der Waals surface area contributed by atoms with Gasteiger partial charge in [0.2, 0.25) is 5.91 Å². The Morgan fingerprint density at radius 1 is 1.34 bits per heavy atom. The molecule has 2 aromatic rings. The maximum atomic E-state index is 11.9. The minimum absolute atomic E-state index is 0.112. The quantitative estimate of drug-likeness (QED) is 0.420. The average Bonchev–Trinajstić information content (AvgIpc) is 3.49. The fraction of sp³-hybridized carbons (Fsp3) is 0.435. The molecular weight excluding hydrogens is 452 g/mol. The molecule has 7 nitrogen and oxygen atoms in total. The Balaban J connectivity index is 1.45. The SMILES string of the molecule is COC(=O)CCCC(=O)N[C@@H](C)C=Cc1cnc(Oc2ccc(OCC3CC3)cc2Cl)s1. The number of aromatic nitrogens is 1. The molecule has 0 unspecified atom stereocenters. The van der Waals surface area contributed by atoms with E-state index in [0.717, 1.165) is 17.2 Å². The molecule has 1 N–H and O–H groups in total. The number of carbonyl (C=O) groups is 2. The molecule has 1 aromatic heterocycles. The van der Waals surface area contributed by atoms with E-state index in [1.807, 2.05) is 25.1 Å². The van der Waals surface area contributed by atoms with Gasteiger partial charge in [0.25, 0.3) is 5.19 Å². The van der Waals surface area contributed by atoms with E-state index in [1.54, 1.807) is 18.3 Å². The van der Waals surface area contributed by atoms with Crippen LogP contribution in [-0.2, 0) is 14.3 Å². The van der Waals surface area contributed by atoms with Crippen molar-refractivity contribution >= 4 is 40.9 Å². The average molecular weight is 479 g/mol. The number of carbonyl (C=O) groups excluding carboxylic acids is 2. The van der Waals surface area contributed by atoms with E-state index in [1.165, 1.54) is 31.3 Å². The van der Waals surface area contributed by atoms with Crippen LogP contribution in [0.15, 0.2) is 30.5 Å². The van der Waals surface area contributed by atoms with Crippen molar-refractivity contribution in [2.45, 2.75) is 45.1 Å². The third kappa shape index (κ3) is 8.16. The fourth-order valence-corrected chi connectivity index (χ4v) is 3.65. The minimum atomic E-state index is -0.312. The summed E-state index contributed by atoms with van der Waals surface area (Å²) in [6.07, 6.45) is 8.88. The lowest BCUT2D eigenvalue weighted by Gasteiger charge is -2.09. The van der Waals surface area contributed by atoms with Crippen LogP contribution in [0.4, 0.5) is 0 Å². The first-order valence-electron chi connectivity index (χ1n) is 10.5. The summed E-state index contributed by atoms with van der Waals surface area (Å²) in [7, 11) is 1.33.